The normalized spacial score (nSPS) is 11.7. The van der Waals surface area contributed by atoms with Crippen molar-refractivity contribution in [1.29, 1.82) is 0 Å². The zero-order valence-corrected chi connectivity index (χ0v) is 11.3. The van der Waals surface area contributed by atoms with E-state index in [-0.39, 0.29) is 12.2 Å². The third-order valence-corrected chi connectivity index (χ3v) is 2.90. The second-order valence-corrected chi connectivity index (χ2v) is 4.58. The number of carbonyl (C=O) groups excluding carboxylic acids is 2. The number of esters is 1. The standard InChI is InChI=1S/C17H16O3/c1-13(18)12-16(14-8-4-2-5-9-14)20-17(19)15-10-6-3-7-11-15/h2-11,16H,12H2,1H3. The number of Topliss-reactive ketones (excluding diaryl/α,β-unsaturated/α-hetero) is 1. The summed E-state index contributed by atoms with van der Waals surface area (Å²) in [6, 6.07) is 18.1. The van der Waals surface area contributed by atoms with Gasteiger partial charge >= 0.3 is 5.97 Å². The van der Waals surface area contributed by atoms with E-state index < -0.39 is 12.1 Å². The SMILES string of the molecule is CC(=O)CC(OC(=O)c1ccccc1)c1ccccc1. The highest BCUT2D eigenvalue weighted by molar-refractivity contribution is 5.89. The van der Waals surface area contributed by atoms with E-state index in [2.05, 4.69) is 0 Å². The summed E-state index contributed by atoms with van der Waals surface area (Å²) in [7, 11) is 0. The van der Waals surface area contributed by atoms with E-state index in [1.807, 2.05) is 36.4 Å². The highest BCUT2D eigenvalue weighted by Crippen LogP contribution is 2.23. The van der Waals surface area contributed by atoms with Crippen LogP contribution in [0.4, 0.5) is 0 Å². The maximum atomic E-state index is 12.1. The molecule has 0 saturated heterocycles. The topological polar surface area (TPSA) is 43.4 Å². The molecular weight excluding hydrogens is 252 g/mol. The van der Waals surface area contributed by atoms with Gasteiger partial charge in [-0.2, -0.15) is 0 Å². The molecule has 20 heavy (non-hydrogen) atoms. The molecule has 3 nitrogen and oxygen atoms in total. The Morgan fingerprint density at radius 1 is 0.950 bits per heavy atom. The van der Waals surface area contributed by atoms with Crippen LogP contribution in [0.5, 0.6) is 0 Å². The van der Waals surface area contributed by atoms with Crippen molar-refractivity contribution in [2.45, 2.75) is 19.4 Å². The summed E-state index contributed by atoms with van der Waals surface area (Å²) in [6.07, 6.45) is -0.357. The second-order valence-electron chi connectivity index (χ2n) is 4.58. The summed E-state index contributed by atoms with van der Waals surface area (Å²) in [4.78, 5) is 23.4. The van der Waals surface area contributed by atoms with Crippen LogP contribution in [0, 0.1) is 0 Å². The molecule has 0 heterocycles. The Balaban J connectivity index is 2.16. The molecule has 2 aromatic carbocycles. The third kappa shape index (κ3) is 3.79. The number of hydrogen-bond acceptors (Lipinski definition) is 3. The van der Waals surface area contributed by atoms with Crippen molar-refractivity contribution >= 4 is 11.8 Å². The smallest absolute Gasteiger partial charge is 0.338 e. The lowest BCUT2D eigenvalue weighted by molar-refractivity contribution is -0.119. The summed E-state index contributed by atoms with van der Waals surface area (Å²) in [6.45, 7) is 1.49. The molecule has 0 bridgehead atoms. The van der Waals surface area contributed by atoms with Crippen LogP contribution in [-0.4, -0.2) is 11.8 Å². The molecule has 0 saturated carbocycles. The average Bonchev–Trinajstić information content (AvgIpc) is 2.48. The molecule has 0 amide bonds. The lowest BCUT2D eigenvalue weighted by Gasteiger charge is -2.17. The molecule has 1 atom stereocenters. The number of carbonyl (C=O) groups is 2. The Morgan fingerprint density at radius 2 is 1.50 bits per heavy atom. The molecule has 3 heteroatoms. The molecule has 0 aliphatic heterocycles. The molecule has 102 valence electrons. The van der Waals surface area contributed by atoms with Crippen molar-refractivity contribution in [1.82, 2.24) is 0 Å². The van der Waals surface area contributed by atoms with Gasteiger partial charge in [-0.15, -0.1) is 0 Å². The number of benzene rings is 2. The number of ether oxygens (including phenoxy) is 1. The first-order chi connectivity index (χ1) is 9.66. The van der Waals surface area contributed by atoms with E-state index in [1.165, 1.54) is 6.92 Å². The van der Waals surface area contributed by atoms with Crippen LogP contribution >= 0.6 is 0 Å². The van der Waals surface area contributed by atoms with Crippen LogP contribution < -0.4 is 0 Å². The van der Waals surface area contributed by atoms with Crippen molar-refractivity contribution < 1.29 is 14.3 Å². The molecule has 2 aromatic rings. The van der Waals surface area contributed by atoms with Gasteiger partial charge in [0.05, 0.1) is 5.56 Å². The van der Waals surface area contributed by atoms with Crippen molar-refractivity contribution in [3.63, 3.8) is 0 Å². The monoisotopic (exact) mass is 268 g/mol. The Hall–Kier alpha value is -2.42. The maximum Gasteiger partial charge on any atom is 0.338 e. The molecule has 1 unspecified atom stereocenters. The second kappa shape index (κ2) is 6.66. The molecule has 0 fully saturated rings. The first kappa shape index (κ1) is 14.0. The first-order valence-electron chi connectivity index (χ1n) is 6.47. The molecule has 0 aromatic heterocycles. The quantitative estimate of drug-likeness (QED) is 0.779. The fourth-order valence-electron chi connectivity index (χ4n) is 1.93. The van der Waals surface area contributed by atoms with Crippen molar-refractivity contribution in [2.75, 3.05) is 0 Å². The van der Waals surface area contributed by atoms with Gasteiger partial charge in [0.15, 0.2) is 0 Å². The minimum absolute atomic E-state index is 0.0142. The van der Waals surface area contributed by atoms with Gasteiger partial charge in [-0.05, 0) is 24.6 Å². The van der Waals surface area contributed by atoms with E-state index in [0.717, 1.165) is 5.56 Å². The predicted octanol–water partition coefficient (Wildman–Crippen LogP) is 3.56. The summed E-state index contributed by atoms with van der Waals surface area (Å²) < 4.78 is 5.47. The number of hydrogen-bond donors (Lipinski definition) is 0. The number of ketones is 1. The van der Waals surface area contributed by atoms with E-state index in [1.54, 1.807) is 24.3 Å². The Bertz CT molecular complexity index is 576. The minimum atomic E-state index is -0.540. The number of rotatable bonds is 5. The van der Waals surface area contributed by atoms with Crippen LogP contribution in [0.15, 0.2) is 60.7 Å². The predicted molar refractivity (Wildman–Crippen MR) is 76.3 cm³/mol. The highest BCUT2D eigenvalue weighted by atomic mass is 16.5. The van der Waals surface area contributed by atoms with Crippen LogP contribution in [0.1, 0.15) is 35.4 Å². The molecule has 0 radical (unpaired) electrons. The summed E-state index contributed by atoms with van der Waals surface area (Å²) in [5, 5.41) is 0. The van der Waals surface area contributed by atoms with Gasteiger partial charge in [0, 0.05) is 6.42 Å². The van der Waals surface area contributed by atoms with Crippen LogP contribution in [0.3, 0.4) is 0 Å². The van der Waals surface area contributed by atoms with Gasteiger partial charge in [-0.1, -0.05) is 48.5 Å². The van der Waals surface area contributed by atoms with Crippen LogP contribution in [-0.2, 0) is 9.53 Å². The lowest BCUT2D eigenvalue weighted by Crippen LogP contribution is -2.14. The van der Waals surface area contributed by atoms with Gasteiger partial charge in [-0.3, -0.25) is 4.79 Å². The van der Waals surface area contributed by atoms with Gasteiger partial charge in [-0.25, -0.2) is 4.79 Å². The van der Waals surface area contributed by atoms with Crippen LogP contribution in [0.2, 0.25) is 0 Å². The fraction of sp³-hybridized carbons (Fsp3) is 0.176. The van der Waals surface area contributed by atoms with E-state index in [9.17, 15) is 9.59 Å². The van der Waals surface area contributed by atoms with Gasteiger partial charge in [0.1, 0.15) is 11.9 Å². The zero-order valence-electron chi connectivity index (χ0n) is 11.3. The van der Waals surface area contributed by atoms with Gasteiger partial charge < -0.3 is 4.74 Å². The molecular formula is C17H16O3. The minimum Gasteiger partial charge on any atom is -0.453 e. The average molecular weight is 268 g/mol. The van der Waals surface area contributed by atoms with E-state index in [0.29, 0.717) is 5.56 Å². The largest absolute Gasteiger partial charge is 0.453 e. The van der Waals surface area contributed by atoms with Crippen molar-refractivity contribution in [3.05, 3.63) is 71.8 Å². The maximum absolute atomic E-state index is 12.1. The summed E-state index contributed by atoms with van der Waals surface area (Å²) in [5.74, 6) is -0.430. The lowest BCUT2D eigenvalue weighted by atomic mass is 10.0. The van der Waals surface area contributed by atoms with Crippen molar-refractivity contribution in [3.8, 4) is 0 Å². The van der Waals surface area contributed by atoms with Gasteiger partial charge in [0.2, 0.25) is 0 Å². The molecule has 0 spiro atoms. The van der Waals surface area contributed by atoms with E-state index >= 15 is 0 Å². The molecule has 2 rings (SSSR count). The molecule has 0 aliphatic carbocycles. The summed E-state index contributed by atoms with van der Waals surface area (Å²) >= 11 is 0. The zero-order chi connectivity index (χ0) is 14.4. The Morgan fingerprint density at radius 3 is 2.05 bits per heavy atom. The highest BCUT2D eigenvalue weighted by Gasteiger charge is 2.19. The summed E-state index contributed by atoms with van der Waals surface area (Å²) in [5.41, 5.74) is 1.31. The Labute approximate surface area is 118 Å². The third-order valence-electron chi connectivity index (χ3n) is 2.90. The van der Waals surface area contributed by atoms with Crippen molar-refractivity contribution in [2.24, 2.45) is 0 Å². The molecule has 0 N–H and O–H groups in total. The Kier molecular flexibility index (Phi) is 4.66. The molecule has 0 aliphatic rings. The van der Waals surface area contributed by atoms with E-state index in [4.69, 9.17) is 4.74 Å². The van der Waals surface area contributed by atoms with Crippen LogP contribution in [0.25, 0.3) is 0 Å². The fourth-order valence-corrected chi connectivity index (χ4v) is 1.93. The first-order valence-corrected chi connectivity index (χ1v) is 6.47. The van der Waals surface area contributed by atoms with Gasteiger partial charge in [0.25, 0.3) is 0 Å².